The van der Waals surface area contributed by atoms with Gasteiger partial charge in [-0.25, -0.2) is 9.78 Å². The minimum Gasteiger partial charge on any atom is -0.444 e. The molecule has 0 saturated carbocycles. The molecule has 7 nitrogen and oxygen atoms in total. The van der Waals surface area contributed by atoms with E-state index >= 15 is 0 Å². The zero-order chi connectivity index (χ0) is 18.9. The zero-order valence-corrected chi connectivity index (χ0v) is 19.7. The second-order valence-electron chi connectivity index (χ2n) is 6.96. The fourth-order valence-corrected chi connectivity index (χ4v) is 2.75. The fourth-order valence-electron chi connectivity index (χ4n) is 1.85. The second-order valence-corrected chi connectivity index (χ2v) is 7.90. The molecule has 0 aliphatic rings. The van der Waals surface area contributed by atoms with Crippen molar-refractivity contribution in [2.24, 2.45) is 4.99 Å². The van der Waals surface area contributed by atoms with Crippen LogP contribution in [0.5, 0.6) is 0 Å². The number of rotatable bonds is 7. The predicted molar refractivity (Wildman–Crippen MR) is 119 cm³/mol. The normalized spacial score (nSPS) is 11.7. The lowest BCUT2D eigenvalue weighted by molar-refractivity contribution is 0.0527. The Bertz CT molecular complexity index is 570. The third-order valence-electron chi connectivity index (χ3n) is 3.11. The van der Waals surface area contributed by atoms with Crippen molar-refractivity contribution in [2.75, 3.05) is 20.1 Å². The lowest BCUT2D eigenvalue weighted by atomic mass is 10.2. The minimum absolute atomic E-state index is 0. The third kappa shape index (κ3) is 10.8. The molecule has 0 saturated heterocycles. The molecule has 0 radical (unpaired) electrons. The smallest absolute Gasteiger partial charge is 0.407 e. The second kappa shape index (κ2) is 12.3. The Labute approximate surface area is 177 Å². The monoisotopic (exact) mass is 497 g/mol. The molecule has 0 atom stereocenters. The van der Waals surface area contributed by atoms with Crippen molar-refractivity contribution in [3.05, 3.63) is 16.1 Å². The van der Waals surface area contributed by atoms with Crippen LogP contribution in [0.4, 0.5) is 4.79 Å². The van der Waals surface area contributed by atoms with Gasteiger partial charge in [-0.3, -0.25) is 4.99 Å². The van der Waals surface area contributed by atoms with Crippen LogP contribution >= 0.6 is 35.3 Å². The molecule has 0 aliphatic carbocycles. The maximum Gasteiger partial charge on any atom is 0.407 e. The van der Waals surface area contributed by atoms with E-state index in [2.05, 4.69) is 45.2 Å². The van der Waals surface area contributed by atoms with Gasteiger partial charge in [0.1, 0.15) is 10.6 Å². The molecule has 1 aromatic heterocycles. The number of carbonyl (C=O) groups excluding carboxylic acids is 1. The molecule has 9 heteroatoms. The molecule has 0 aliphatic heterocycles. The van der Waals surface area contributed by atoms with Crippen molar-refractivity contribution >= 4 is 47.4 Å². The quantitative estimate of drug-likeness (QED) is 0.233. The molecule has 26 heavy (non-hydrogen) atoms. The van der Waals surface area contributed by atoms with Crippen LogP contribution in [-0.2, 0) is 11.3 Å². The molecule has 1 rings (SSSR count). The van der Waals surface area contributed by atoms with E-state index in [1.54, 1.807) is 18.4 Å². The first-order valence-electron chi connectivity index (χ1n) is 8.57. The van der Waals surface area contributed by atoms with Crippen molar-refractivity contribution < 1.29 is 9.53 Å². The minimum atomic E-state index is -0.473. The summed E-state index contributed by atoms with van der Waals surface area (Å²) in [4.78, 5) is 20.3. The van der Waals surface area contributed by atoms with Crippen molar-refractivity contribution in [1.82, 2.24) is 20.9 Å². The highest BCUT2D eigenvalue weighted by molar-refractivity contribution is 14.0. The summed E-state index contributed by atoms with van der Waals surface area (Å²) in [5.41, 5.74) is 0.650. The van der Waals surface area contributed by atoms with Gasteiger partial charge in [0.25, 0.3) is 0 Å². The summed E-state index contributed by atoms with van der Waals surface area (Å²) in [6.07, 6.45) is 0.383. The predicted octanol–water partition coefficient (Wildman–Crippen LogP) is 3.46. The highest BCUT2D eigenvalue weighted by Gasteiger charge is 2.15. The number of nitrogens with zero attached hydrogens (tertiary/aromatic N) is 2. The number of aliphatic imine (C=N–C) groups is 1. The number of alkyl carbamates (subject to hydrolysis) is 1. The first-order chi connectivity index (χ1) is 11.7. The number of carbonyl (C=O) groups is 1. The van der Waals surface area contributed by atoms with Crippen molar-refractivity contribution in [2.45, 2.75) is 59.1 Å². The van der Waals surface area contributed by atoms with E-state index in [-0.39, 0.29) is 30.1 Å². The Morgan fingerprint density at radius 2 is 1.92 bits per heavy atom. The van der Waals surface area contributed by atoms with Crippen LogP contribution in [0.1, 0.15) is 57.7 Å². The van der Waals surface area contributed by atoms with Gasteiger partial charge in [0.2, 0.25) is 0 Å². The summed E-state index contributed by atoms with van der Waals surface area (Å²) in [5, 5.41) is 12.3. The maximum absolute atomic E-state index is 11.5. The van der Waals surface area contributed by atoms with Crippen molar-refractivity contribution in [3.8, 4) is 0 Å². The highest BCUT2D eigenvalue weighted by Crippen LogP contribution is 2.17. The Morgan fingerprint density at radius 3 is 2.46 bits per heavy atom. The standard InChI is InChI=1S/C17H31N5O2S.HI/c1-12(2)13-11-25-14(22-13)10-21-15(18-6)19-8-7-9-20-16(23)24-17(3,4)5;/h11-12H,7-10H2,1-6H3,(H,20,23)(H2,18,19,21);1H. The van der Waals surface area contributed by atoms with E-state index < -0.39 is 5.60 Å². The van der Waals surface area contributed by atoms with Crippen LogP contribution in [0, 0.1) is 0 Å². The number of halogens is 1. The Kier molecular flexibility index (Phi) is 11.8. The molecule has 0 spiro atoms. The Hall–Kier alpha value is -1.10. The van der Waals surface area contributed by atoms with Gasteiger partial charge in [-0.1, -0.05) is 13.8 Å². The molecule has 0 unspecified atom stereocenters. The molecule has 0 aromatic carbocycles. The van der Waals surface area contributed by atoms with Crippen molar-refractivity contribution in [3.63, 3.8) is 0 Å². The van der Waals surface area contributed by atoms with Crippen LogP contribution in [0.15, 0.2) is 10.4 Å². The van der Waals surface area contributed by atoms with Crippen LogP contribution in [0.3, 0.4) is 0 Å². The molecule has 0 fully saturated rings. The zero-order valence-electron chi connectivity index (χ0n) is 16.5. The Balaban J connectivity index is 0.00000625. The van der Waals surface area contributed by atoms with Gasteiger partial charge >= 0.3 is 6.09 Å². The lowest BCUT2D eigenvalue weighted by Gasteiger charge is -2.19. The van der Waals surface area contributed by atoms with Crippen LogP contribution in [0.25, 0.3) is 0 Å². The van der Waals surface area contributed by atoms with Crippen molar-refractivity contribution in [1.29, 1.82) is 0 Å². The molecule has 1 amide bonds. The van der Waals surface area contributed by atoms with E-state index in [1.165, 1.54) is 0 Å². The third-order valence-corrected chi connectivity index (χ3v) is 3.97. The Morgan fingerprint density at radius 1 is 1.27 bits per heavy atom. The topological polar surface area (TPSA) is 87.6 Å². The van der Waals surface area contributed by atoms with E-state index in [4.69, 9.17) is 4.74 Å². The molecule has 150 valence electrons. The van der Waals surface area contributed by atoms with E-state index in [0.29, 0.717) is 25.6 Å². The first-order valence-corrected chi connectivity index (χ1v) is 9.45. The van der Waals surface area contributed by atoms with Gasteiger partial charge in [-0.15, -0.1) is 35.3 Å². The van der Waals surface area contributed by atoms with Crippen LogP contribution < -0.4 is 16.0 Å². The number of guanidine groups is 1. The van der Waals surface area contributed by atoms with Gasteiger partial charge in [-0.05, 0) is 33.1 Å². The summed E-state index contributed by atoms with van der Waals surface area (Å²) in [6.45, 7) is 11.7. The summed E-state index contributed by atoms with van der Waals surface area (Å²) in [6, 6.07) is 0. The number of aromatic nitrogens is 1. The van der Waals surface area contributed by atoms with Gasteiger partial charge in [0.15, 0.2) is 5.96 Å². The number of nitrogens with one attached hydrogen (secondary N) is 3. The maximum atomic E-state index is 11.5. The molecule has 3 N–H and O–H groups in total. The van der Waals surface area contributed by atoms with Gasteiger partial charge < -0.3 is 20.7 Å². The lowest BCUT2D eigenvalue weighted by Crippen LogP contribution is -2.39. The molecule has 0 bridgehead atoms. The van der Waals surface area contributed by atoms with E-state index in [0.717, 1.165) is 23.1 Å². The van der Waals surface area contributed by atoms with E-state index in [9.17, 15) is 4.79 Å². The summed E-state index contributed by atoms with van der Waals surface area (Å²) >= 11 is 1.65. The number of thiazole rings is 1. The average Bonchev–Trinajstić information content (AvgIpc) is 2.97. The number of ether oxygens (including phenoxy) is 1. The summed E-state index contributed by atoms with van der Waals surface area (Å²) in [5.74, 6) is 1.17. The number of hydrogen-bond donors (Lipinski definition) is 3. The average molecular weight is 497 g/mol. The summed E-state index contributed by atoms with van der Waals surface area (Å²) < 4.78 is 5.18. The van der Waals surface area contributed by atoms with E-state index in [1.807, 2.05) is 20.8 Å². The number of hydrogen-bond acceptors (Lipinski definition) is 5. The largest absolute Gasteiger partial charge is 0.444 e. The van der Waals surface area contributed by atoms with Gasteiger partial charge in [-0.2, -0.15) is 0 Å². The molecular weight excluding hydrogens is 465 g/mol. The van der Waals surface area contributed by atoms with Crippen LogP contribution in [-0.4, -0.2) is 42.8 Å². The SMILES string of the molecule is CN=C(NCCCNC(=O)OC(C)(C)C)NCc1nc(C(C)C)cs1.I. The molecule has 1 aromatic rings. The highest BCUT2D eigenvalue weighted by atomic mass is 127. The first kappa shape index (κ1) is 24.9. The van der Waals surface area contributed by atoms with Crippen LogP contribution in [0.2, 0.25) is 0 Å². The molecular formula is C17H32IN5O2S. The fraction of sp³-hybridized carbons (Fsp3) is 0.706. The van der Waals surface area contributed by atoms with Gasteiger partial charge in [0.05, 0.1) is 12.2 Å². The van der Waals surface area contributed by atoms with Gasteiger partial charge in [0, 0.05) is 25.5 Å². The molecule has 1 heterocycles. The number of amides is 1. The summed E-state index contributed by atoms with van der Waals surface area (Å²) in [7, 11) is 1.73.